The number of hydrogen-bond acceptors (Lipinski definition) is 5. The number of amides is 1. The predicted octanol–water partition coefficient (Wildman–Crippen LogP) is 6.14. The summed E-state index contributed by atoms with van der Waals surface area (Å²) in [4.78, 5) is 25.4. The van der Waals surface area contributed by atoms with Crippen LogP contribution < -0.4 is 10.2 Å². The van der Waals surface area contributed by atoms with Gasteiger partial charge in [0, 0.05) is 19.2 Å². The molecule has 0 bridgehead atoms. The lowest BCUT2D eigenvalue weighted by Crippen LogP contribution is -2.18. The van der Waals surface area contributed by atoms with E-state index in [1.807, 2.05) is 36.4 Å². The fourth-order valence-electron chi connectivity index (χ4n) is 2.84. The highest BCUT2D eigenvalue weighted by Crippen LogP contribution is 2.36. The number of para-hydroxylation sites is 1. The number of esters is 1. The molecule has 0 spiro atoms. The van der Waals surface area contributed by atoms with Crippen LogP contribution >= 0.6 is 45.5 Å². The molecular weight excluding hydrogens is 547 g/mol. The van der Waals surface area contributed by atoms with Crippen molar-refractivity contribution in [3.8, 4) is 5.75 Å². The Morgan fingerprint density at radius 1 is 1.00 bits per heavy atom. The molecule has 4 aromatic rings. The predicted molar refractivity (Wildman–Crippen MR) is 132 cm³/mol. The van der Waals surface area contributed by atoms with Gasteiger partial charge in [-0.2, -0.15) is 5.10 Å². The molecule has 1 N–H and O–H groups in total. The van der Waals surface area contributed by atoms with E-state index in [0.29, 0.717) is 26.8 Å². The average Bonchev–Trinajstić information content (AvgIpc) is 3.12. The van der Waals surface area contributed by atoms with Crippen LogP contribution in [0.3, 0.4) is 0 Å². The van der Waals surface area contributed by atoms with Gasteiger partial charge in [-0.05, 0) is 52.9 Å². The van der Waals surface area contributed by atoms with Gasteiger partial charge in [-0.25, -0.2) is 10.2 Å². The molecule has 0 fully saturated rings. The normalized spacial score (nSPS) is 11.0. The van der Waals surface area contributed by atoms with Crippen molar-refractivity contribution in [3.05, 3.63) is 97.4 Å². The fourth-order valence-corrected chi connectivity index (χ4v) is 4.85. The van der Waals surface area contributed by atoms with Crippen LogP contribution in [-0.2, 0) is 0 Å². The molecule has 0 saturated heterocycles. The van der Waals surface area contributed by atoms with E-state index in [9.17, 15) is 9.59 Å². The minimum atomic E-state index is -0.546. The Morgan fingerprint density at radius 2 is 1.71 bits per heavy atom. The van der Waals surface area contributed by atoms with Gasteiger partial charge in [-0.3, -0.25) is 4.79 Å². The lowest BCUT2D eigenvalue weighted by molar-refractivity contribution is 0.0739. The zero-order valence-electron chi connectivity index (χ0n) is 15.8. The Labute approximate surface area is 200 Å². The summed E-state index contributed by atoms with van der Waals surface area (Å²) in [6.45, 7) is 0. The quantitative estimate of drug-likeness (QED) is 0.105. The van der Waals surface area contributed by atoms with E-state index in [-0.39, 0.29) is 5.91 Å². The summed E-state index contributed by atoms with van der Waals surface area (Å²) in [6.07, 6.45) is 1.43. The number of hydrazone groups is 1. The number of ether oxygens (including phenoxy) is 1. The number of hydrogen-bond donors (Lipinski definition) is 1. The first-order valence-electron chi connectivity index (χ1n) is 9.11. The van der Waals surface area contributed by atoms with Crippen molar-refractivity contribution in [2.75, 3.05) is 0 Å². The number of fused-ring (bicyclic) bond motifs is 1. The van der Waals surface area contributed by atoms with E-state index in [1.165, 1.54) is 17.6 Å². The molecule has 5 nitrogen and oxygen atoms in total. The Kier molecular flexibility index (Phi) is 6.64. The number of thiophene rings is 1. The van der Waals surface area contributed by atoms with Crippen molar-refractivity contribution < 1.29 is 14.3 Å². The lowest BCUT2D eigenvalue weighted by atomic mass is 10.2. The van der Waals surface area contributed by atoms with Crippen LogP contribution in [0.15, 0.2) is 77.9 Å². The molecule has 0 aliphatic heterocycles. The minimum absolute atomic E-state index is 0.313. The van der Waals surface area contributed by atoms with Gasteiger partial charge in [0.05, 0.1) is 16.8 Å². The summed E-state index contributed by atoms with van der Waals surface area (Å²) in [5.41, 5.74) is 3.56. The fraction of sp³-hybridized carbons (Fsp3) is 0. The first kappa shape index (κ1) is 21.5. The largest absolute Gasteiger partial charge is 0.422 e. The van der Waals surface area contributed by atoms with Crippen molar-refractivity contribution in [2.45, 2.75) is 0 Å². The number of carbonyl (C=O) groups excluding carboxylic acids is 2. The maximum Gasteiger partial charge on any atom is 0.355 e. The number of carbonyl (C=O) groups is 2. The van der Waals surface area contributed by atoms with E-state index in [0.717, 1.165) is 13.7 Å². The van der Waals surface area contributed by atoms with Gasteiger partial charge in [0.2, 0.25) is 0 Å². The molecule has 0 aliphatic rings. The molecule has 1 aromatic heterocycles. The number of benzene rings is 3. The van der Waals surface area contributed by atoms with Crippen molar-refractivity contribution in [1.82, 2.24) is 5.43 Å². The molecule has 0 saturated carbocycles. The van der Waals surface area contributed by atoms with Crippen LogP contribution in [0.25, 0.3) is 10.1 Å². The summed E-state index contributed by atoms with van der Waals surface area (Å²) in [5, 5.41) is 5.20. The van der Waals surface area contributed by atoms with Crippen LogP contribution in [-0.4, -0.2) is 18.1 Å². The summed E-state index contributed by atoms with van der Waals surface area (Å²) >= 11 is 9.75. The molecular formula is C23H14ClIN2O3S. The molecule has 0 unspecified atom stereocenters. The van der Waals surface area contributed by atoms with Crippen molar-refractivity contribution in [2.24, 2.45) is 5.10 Å². The van der Waals surface area contributed by atoms with E-state index < -0.39 is 5.97 Å². The van der Waals surface area contributed by atoms with Crippen LogP contribution in [0.2, 0.25) is 5.02 Å². The number of nitrogens with zero attached hydrogens (tertiary/aromatic N) is 1. The van der Waals surface area contributed by atoms with E-state index in [2.05, 4.69) is 33.1 Å². The molecule has 0 atom stereocenters. The summed E-state index contributed by atoms with van der Waals surface area (Å²) in [7, 11) is 0. The molecule has 1 heterocycles. The van der Waals surface area contributed by atoms with E-state index in [4.69, 9.17) is 16.3 Å². The second-order valence-corrected chi connectivity index (χ2v) is 8.94. The number of halogens is 2. The first-order valence-corrected chi connectivity index (χ1v) is 11.4. The van der Waals surface area contributed by atoms with Crippen LogP contribution in [0.5, 0.6) is 5.75 Å². The van der Waals surface area contributed by atoms with Gasteiger partial charge in [0.15, 0.2) is 0 Å². The van der Waals surface area contributed by atoms with Crippen molar-refractivity contribution in [1.29, 1.82) is 0 Å². The summed E-state index contributed by atoms with van der Waals surface area (Å²) in [5.74, 6) is -0.559. The third-order valence-electron chi connectivity index (χ3n) is 4.33. The monoisotopic (exact) mass is 560 g/mol. The zero-order valence-corrected chi connectivity index (χ0v) is 19.6. The Balaban J connectivity index is 1.51. The molecule has 3 aromatic carbocycles. The highest BCUT2D eigenvalue weighted by Gasteiger charge is 2.19. The molecule has 8 heteroatoms. The van der Waals surface area contributed by atoms with Gasteiger partial charge < -0.3 is 4.74 Å². The third-order valence-corrected chi connectivity index (χ3v) is 6.93. The molecule has 31 heavy (non-hydrogen) atoms. The summed E-state index contributed by atoms with van der Waals surface area (Å²) < 4.78 is 7.32. The molecule has 154 valence electrons. The van der Waals surface area contributed by atoms with Gasteiger partial charge in [-0.15, -0.1) is 11.3 Å². The number of nitrogens with one attached hydrogen (secondary N) is 1. The topological polar surface area (TPSA) is 67.8 Å². The minimum Gasteiger partial charge on any atom is -0.422 e. The van der Waals surface area contributed by atoms with Gasteiger partial charge in [0.1, 0.15) is 10.6 Å². The molecule has 4 rings (SSSR count). The molecule has 1 amide bonds. The first-order chi connectivity index (χ1) is 15.0. The Morgan fingerprint density at radius 3 is 2.52 bits per heavy atom. The van der Waals surface area contributed by atoms with Crippen molar-refractivity contribution in [3.63, 3.8) is 0 Å². The van der Waals surface area contributed by atoms with E-state index >= 15 is 0 Å². The highest BCUT2D eigenvalue weighted by molar-refractivity contribution is 14.1. The van der Waals surface area contributed by atoms with Gasteiger partial charge in [-0.1, -0.05) is 54.1 Å². The smallest absolute Gasteiger partial charge is 0.355 e. The van der Waals surface area contributed by atoms with Crippen LogP contribution in [0.4, 0.5) is 0 Å². The Hall–Kier alpha value is -2.75. The second-order valence-electron chi connectivity index (χ2n) is 6.35. The van der Waals surface area contributed by atoms with Crippen LogP contribution in [0, 0.1) is 3.57 Å². The SMILES string of the molecule is O=C(NN=Cc1ccccc1OC(=O)c1sc2ccccc2c1Cl)c1ccccc1I. The van der Waals surface area contributed by atoms with E-state index in [1.54, 1.807) is 36.4 Å². The third kappa shape index (κ3) is 4.79. The zero-order chi connectivity index (χ0) is 21.8. The molecule has 0 aliphatic carbocycles. The van der Waals surface area contributed by atoms with Crippen molar-refractivity contribution >= 4 is 73.7 Å². The summed E-state index contributed by atoms with van der Waals surface area (Å²) in [6, 6.07) is 21.6. The standard InChI is InChI=1S/C23H14ClIN2O3S/c24-20-16-9-3-6-12-19(16)31-21(20)23(29)30-18-11-5-1-7-14(18)13-26-27-22(28)15-8-2-4-10-17(15)25/h1-13H,(H,27,28). The second kappa shape index (κ2) is 9.59. The van der Waals surface area contributed by atoms with Crippen LogP contribution in [0.1, 0.15) is 25.6 Å². The maximum atomic E-state index is 12.7. The van der Waals surface area contributed by atoms with Gasteiger partial charge in [0.25, 0.3) is 5.91 Å². The highest BCUT2D eigenvalue weighted by atomic mass is 127. The molecule has 0 radical (unpaired) electrons. The maximum absolute atomic E-state index is 12.7. The average molecular weight is 561 g/mol. The Bertz CT molecular complexity index is 1320. The number of rotatable bonds is 5. The van der Waals surface area contributed by atoms with Gasteiger partial charge >= 0.3 is 5.97 Å². The lowest BCUT2D eigenvalue weighted by Gasteiger charge is -2.07.